The summed E-state index contributed by atoms with van der Waals surface area (Å²) in [5.74, 6) is -1.01. The third kappa shape index (κ3) is 65.8. The van der Waals surface area contributed by atoms with Gasteiger partial charge >= 0.3 is 17.9 Å². The lowest BCUT2D eigenvalue weighted by atomic mass is 10.0. The van der Waals surface area contributed by atoms with E-state index in [2.05, 4.69) is 69.4 Å². The summed E-state index contributed by atoms with van der Waals surface area (Å²) >= 11 is 0. The van der Waals surface area contributed by atoms with Crippen LogP contribution in [0.1, 0.15) is 367 Å². The molecule has 6 nitrogen and oxygen atoms in total. The largest absolute Gasteiger partial charge is 0.462 e. The Morgan fingerprint density at radius 3 is 0.772 bits per heavy atom. The van der Waals surface area contributed by atoms with Gasteiger partial charge < -0.3 is 14.2 Å². The fourth-order valence-electron chi connectivity index (χ4n) is 10.4. The minimum absolute atomic E-state index is 0.0989. The standard InChI is InChI=1S/C73H132O6/c1-4-7-10-13-16-19-22-25-28-30-32-34-35-36-37-39-40-42-45-48-51-54-57-60-63-66-72(75)78-69-70(68-77-71(74)65-62-59-56-53-50-47-44-27-24-21-18-15-12-9-6-3)79-73(76)67-64-61-58-55-52-49-46-43-41-38-33-31-29-26-23-20-17-14-11-8-5-2/h9,12,18,21,27,44,50,53,59,62,70H,4-8,10-11,13-17,19-20,22-26,28-43,45-49,51-52,54-58,60-61,63-69H2,1-3H3/b12-9-,21-18-,44-27-,53-50-,62-59-. The number of allylic oxidation sites excluding steroid dienone is 9. The molecule has 0 aliphatic heterocycles. The van der Waals surface area contributed by atoms with Crippen molar-refractivity contribution >= 4 is 17.9 Å². The van der Waals surface area contributed by atoms with Crippen LogP contribution in [0.2, 0.25) is 0 Å². The van der Waals surface area contributed by atoms with Gasteiger partial charge in [0.05, 0.1) is 6.42 Å². The molecule has 0 saturated carbocycles. The normalized spacial score (nSPS) is 12.4. The summed E-state index contributed by atoms with van der Waals surface area (Å²) in [5.41, 5.74) is 0. The smallest absolute Gasteiger partial charge is 0.309 e. The van der Waals surface area contributed by atoms with Crippen molar-refractivity contribution in [3.63, 3.8) is 0 Å². The van der Waals surface area contributed by atoms with Gasteiger partial charge in [-0.15, -0.1) is 0 Å². The first-order valence-electron chi connectivity index (χ1n) is 34.8. The molecule has 0 aromatic rings. The third-order valence-corrected chi connectivity index (χ3v) is 15.6. The van der Waals surface area contributed by atoms with Crippen LogP contribution in [-0.2, 0) is 28.6 Å². The molecule has 0 spiro atoms. The van der Waals surface area contributed by atoms with E-state index in [9.17, 15) is 14.4 Å². The number of esters is 3. The van der Waals surface area contributed by atoms with Crippen molar-refractivity contribution in [2.24, 2.45) is 0 Å². The fourth-order valence-corrected chi connectivity index (χ4v) is 10.4. The van der Waals surface area contributed by atoms with Gasteiger partial charge in [-0.05, 0) is 44.9 Å². The molecule has 0 aromatic carbocycles. The number of carbonyl (C=O) groups excluding carboxylic acids is 3. The van der Waals surface area contributed by atoms with Crippen molar-refractivity contribution in [3.05, 3.63) is 60.8 Å². The average molecular weight is 1110 g/mol. The lowest BCUT2D eigenvalue weighted by Gasteiger charge is -2.18. The van der Waals surface area contributed by atoms with Gasteiger partial charge in [-0.3, -0.25) is 14.4 Å². The number of rotatable bonds is 64. The Morgan fingerprint density at radius 1 is 0.266 bits per heavy atom. The highest BCUT2D eigenvalue weighted by atomic mass is 16.6. The monoisotopic (exact) mass is 1110 g/mol. The van der Waals surface area contributed by atoms with Crippen molar-refractivity contribution in [2.75, 3.05) is 13.2 Å². The Bertz CT molecular complexity index is 1410. The molecule has 1 atom stereocenters. The second kappa shape index (κ2) is 67.6. The number of unbranched alkanes of at least 4 members (excludes halogenated alkanes) is 44. The first-order chi connectivity index (χ1) is 39.0. The van der Waals surface area contributed by atoms with E-state index in [0.29, 0.717) is 12.8 Å². The molecular weight excluding hydrogens is 973 g/mol. The predicted octanol–water partition coefficient (Wildman–Crippen LogP) is 23.9. The van der Waals surface area contributed by atoms with Crippen LogP contribution >= 0.6 is 0 Å². The lowest BCUT2D eigenvalue weighted by molar-refractivity contribution is -0.166. The molecule has 0 fully saturated rings. The summed E-state index contributed by atoms with van der Waals surface area (Å²) < 4.78 is 16.9. The molecule has 0 aliphatic rings. The number of hydrogen-bond donors (Lipinski definition) is 0. The van der Waals surface area contributed by atoms with Crippen LogP contribution in [-0.4, -0.2) is 37.2 Å². The number of carbonyl (C=O) groups is 3. The van der Waals surface area contributed by atoms with Crippen LogP contribution in [0.5, 0.6) is 0 Å². The Labute approximate surface area is 491 Å². The van der Waals surface area contributed by atoms with E-state index in [1.54, 1.807) is 0 Å². The summed E-state index contributed by atoms with van der Waals surface area (Å²) in [4.78, 5) is 38.3. The van der Waals surface area contributed by atoms with Crippen LogP contribution < -0.4 is 0 Å². The minimum Gasteiger partial charge on any atom is -0.462 e. The minimum atomic E-state index is -0.812. The van der Waals surface area contributed by atoms with E-state index < -0.39 is 12.1 Å². The lowest BCUT2D eigenvalue weighted by Crippen LogP contribution is -2.30. The van der Waals surface area contributed by atoms with Crippen molar-refractivity contribution in [2.45, 2.75) is 374 Å². The first-order valence-corrected chi connectivity index (χ1v) is 34.8. The van der Waals surface area contributed by atoms with Crippen LogP contribution in [0.15, 0.2) is 60.8 Å². The third-order valence-electron chi connectivity index (χ3n) is 15.6. The summed E-state index contributed by atoms with van der Waals surface area (Å²) in [5, 5.41) is 0. The van der Waals surface area contributed by atoms with Crippen molar-refractivity contribution < 1.29 is 28.6 Å². The molecule has 0 aromatic heterocycles. The second-order valence-electron chi connectivity index (χ2n) is 23.4. The van der Waals surface area contributed by atoms with Gasteiger partial charge in [0, 0.05) is 12.8 Å². The van der Waals surface area contributed by atoms with E-state index in [0.717, 1.165) is 70.6 Å². The predicted molar refractivity (Wildman–Crippen MR) is 344 cm³/mol. The van der Waals surface area contributed by atoms with Crippen molar-refractivity contribution in [1.82, 2.24) is 0 Å². The van der Waals surface area contributed by atoms with Crippen LogP contribution in [0.25, 0.3) is 0 Å². The Balaban J connectivity index is 4.31. The Hall–Kier alpha value is -2.89. The zero-order valence-corrected chi connectivity index (χ0v) is 52.9. The fraction of sp³-hybridized carbons (Fsp3) is 0.822. The molecule has 6 heteroatoms. The topological polar surface area (TPSA) is 78.9 Å². The molecule has 1 unspecified atom stereocenters. The van der Waals surface area contributed by atoms with Crippen LogP contribution in [0, 0.1) is 0 Å². The summed E-state index contributed by atoms with van der Waals surface area (Å²) in [6.45, 7) is 6.51. The molecule has 0 saturated heterocycles. The number of ether oxygens (including phenoxy) is 3. The van der Waals surface area contributed by atoms with Gasteiger partial charge in [-0.1, -0.05) is 364 Å². The highest BCUT2D eigenvalue weighted by Gasteiger charge is 2.19. The van der Waals surface area contributed by atoms with Gasteiger partial charge in [0.1, 0.15) is 13.2 Å². The van der Waals surface area contributed by atoms with E-state index in [1.807, 2.05) is 12.2 Å². The maximum Gasteiger partial charge on any atom is 0.309 e. The quantitative estimate of drug-likeness (QED) is 0.0261. The second-order valence-corrected chi connectivity index (χ2v) is 23.4. The maximum absolute atomic E-state index is 12.9. The maximum atomic E-state index is 12.9. The molecule has 0 amide bonds. The molecule has 460 valence electrons. The average Bonchev–Trinajstić information content (AvgIpc) is 3.45. The molecule has 79 heavy (non-hydrogen) atoms. The molecule has 0 rings (SSSR count). The van der Waals surface area contributed by atoms with E-state index in [4.69, 9.17) is 14.2 Å². The van der Waals surface area contributed by atoms with Gasteiger partial charge in [0.15, 0.2) is 6.10 Å². The van der Waals surface area contributed by atoms with E-state index in [1.165, 1.54) is 257 Å². The first kappa shape index (κ1) is 76.1. The molecule has 0 radical (unpaired) electrons. The van der Waals surface area contributed by atoms with Gasteiger partial charge in [0.25, 0.3) is 0 Å². The molecule has 0 aliphatic carbocycles. The zero-order valence-electron chi connectivity index (χ0n) is 52.9. The van der Waals surface area contributed by atoms with E-state index >= 15 is 0 Å². The molecule has 0 bridgehead atoms. The SMILES string of the molecule is CC/C=C\C/C=C\C/C=C\C/C=C\C/C=C\CC(=O)OCC(COC(=O)CCCCCCCCCCCCCCCCCCCCCCCCCCC)OC(=O)CCCCCCCCCCCCCCCCCCCCCCC. The highest BCUT2D eigenvalue weighted by Crippen LogP contribution is 2.19. The molecular formula is C73H132O6. The van der Waals surface area contributed by atoms with Crippen molar-refractivity contribution in [1.29, 1.82) is 0 Å². The molecule has 0 heterocycles. The summed E-state index contributed by atoms with van der Waals surface area (Å²) in [7, 11) is 0. The van der Waals surface area contributed by atoms with Gasteiger partial charge in [0.2, 0.25) is 0 Å². The Kier molecular flexibility index (Phi) is 65.1. The summed E-state index contributed by atoms with van der Waals surface area (Å²) in [6.07, 6.45) is 87.1. The van der Waals surface area contributed by atoms with Gasteiger partial charge in [-0.25, -0.2) is 0 Å². The van der Waals surface area contributed by atoms with Gasteiger partial charge in [-0.2, -0.15) is 0 Å². The van der Waals surface area contributed by atoms with Crippen LogP contribution in [0.3, 0.4) is 0 Å². The Morgan fingerprint density at radius 2 is 0.494 bits per heavy atom. The highest BCUT2D eigenvalue weighted by molar-refractivity contribution is 5.72. The summed E-state index contributed by atoms with van der Waals surface area (Å²) in [6, 6.07) is 0. The van der Waals surface area contributed by atoms with E-state index in [-0.39, 0.29) is 31.6 Å². The van der Waals surface area contributed by atoms with Crippen LogP contribution in [0.4, 0.5) is 0 Å². The number of hydrogen-bond acceptors (Lipinski definition) is 6. The van der Waals surface area contributed by atoms with Crippen molar-refractivity contribution in [3.8, 4) is 0 Å². The zero-order chi connectivity index (χ0) is 57.1. The molecule has 0 N–H and O–H groups in total.